The number of nitrogens with zero attached hydrogens (tertiary/aromatic N) is 2. The van der Waals surface area contributed by atoms with Crippen molar-refractivity contribution in [2.75, 3.05) is 5.01 Å². The minimum atomic E-state index is -1.09. The molecule has 1 unspecified atom stereocenters. The molecule has 0 spiro atoms. The van der Waals surface area contributed by atoms with Crippen molar-refractivity contribution in [2.45, 2.75) is 25.8 Å². The van der Waals surface area contributed by atoms with E-state index < -0.39 is 12.0 Å². The summed E-state index contributed by atoms with van der Waals surface area (Å²) in [6, 6.07) is 0.786. The van der Waals surface area contributed by atoms with E-state index in [2.05, 4.69) is 10.4 Å². The Hall–Kier alpha value is -1.82. The number of carboxylic acids is 1. The van der Waals surface area contributed by atoms with Gasteiger partial charge < -0.3 is 5.11 Å². The van der Waals surface area contributed by atoms with Gasteiger partial charge in [0, 0.05) is 6.20 Å². The maximum Gasteiger partial charge on any atom is 0.329 e. The standard InChI is InChI=1S/C11H12ClN3O3/c1-2-6-3-4-13-10(9(6)12)15-7(11(17)18)5-8(16)14-15/h3-4,7H,2,5H2,1H3,(H,14,16)(H,17,18). The Bertz CT molecular complexity index is 506. The molecule has 0 aromatic carbocycles. The van der Waals surface area contributed by atoms with Crippen LogP contribution in [0.2, 0.25) is 5.02 Å². The van der Waals surface area contributed by atoms with Crippen LogP contribution in [-0.4, -0.2) is 28.0 Å². The van der Waals surface area contributed by atoms with Crippen LogP contribution in [0.4, 0.5) is 5.82 Å². The van der Waals surface area contributed by atoms with Crippen LogP contribution in [0.15, 0.2) is 12.3 Å². The van der Waals surface area contributed by atoms with E-state index >= 15 is 0 Å². The Balaban J connectivity index is 2.41. The van der Waals surface area contributed by atoms with Crippen LogP contribution < -0.4 is 10.4 Å². The number of hydrazine groups is 1. The molecule has 2 rings (SSSR count). The first-order valence-electron chi connectivity index (χ1n) is 5.49. The maximum atomic E-state index is 11.3. The van der Waals surface area contributed by atoms with E-state index in [4.69, 9.17) is 16.7 Å². The second kappa shape index (κ2) is 4.81. The monoisotopic (exact) mass is 269 g/mol. The molecule has 96 valence electrons. The van der Waals surface area contributed by atoms with E-state index in [1.807, 2.05) is 6.92 Å². The van der Waals surface area contributed by atoms with Crippen molar-refractivity contribution in [2.24, 2.45) is 0 Å². The van der Waals surface area contributed by atoms with Crippen molar-refractivity contribution in [3.05, 3.63) is 22.8 Å². The minimum Gasteiger partial charge on any atom is -0.480 e. The number of carbonyl (C=O) groups is 2. The van der Waals surface area contributed by atoms with Gasteiger partial charge in [-0.15, -0.1) is 0 Å². The summed E-state index contributed by atoms with van der Waals surface area (Å²) in [6.45, 7) is 1.93. The van der Waals surface area contributed by atoms with Gasteiger partial charge in [-0.2, -0.15) is 0 Å². The number of carboxylic acid groups (broad SMARTS) is 1. The lowest BCUT2D eigenvalue weighted by atomic mass is 10.2. The molecule has 1 saturated heterocycles. The number of nitrogens with one attached hydrogen (secondary N) is 1. The summed E-state index contributed by atoms with van der Waals surface area (Å²) in [5.74, 6) is -1.18. The quantitative estimate of drug-likeness (QED) is 0.855. The molecule has 1 aromatic heterocycles. The average molecular weight is 270 g/mol. The lowest BCUT2D eigenvalue weighted by Gasteiger charge is -2.22. The molecule has 2 N–H and O–H groups in total. The summed E-state index contributed by atoms with van der Waals surface area (Å²) >= 11 is 6.16. The van der Waals surface area contributed by atoms with Crippen LogP contribution >= 0.6 is 11.6 Å². The van der Waals surface area contributed by atoms with Crippen LogP contribution in [0.25, 0.3) is 0 Å². The number of aliphatic carboxylic acids is 1. The molecular formula is C11H12ClN3O3. The zero-order chi connectivity index (χ0) is 13.3. The highest BCUT2D eigenvalue weighted by atomic mass is 35.5. The topological polar surface area (TPSA) is 82.5 Å². The highest BCUT2D eigenvalue weighted by Gasteiger charge is 2.37. The Morgan fingerprint density at radius 3 is 3.06 bits per heavy atom. The summed E-state index contributed by atoms with van der Waals surface area (Å²) in [5.41, 5.74) is 3.31. The first-order valence-corrected chi connectivity index (χ1v) is 5.87. The van der Waals surface area contributed by atoms with Crippen LogP contribution in [0.3, 0.4) is 0 Å². The molecule has 0 bridgehead atoms. The molecule has 0 saturated carbocycles. The minimum absolute atomic E-state index is 0.107. The van der Waals surface area contributed by atoms with E-state index in [1.54, 1.807) is 12.3 Å². The number of hydrogen-bond donors (Lipinski definition) is 2. The Labute approximate surface area is 109 Å². The number of amides is 1. The first kappa shape index (κ1) is 12.6. The second-order valence-corrected chi connectivity index (χ2v) is 4.30. The average Bonchev–Trinajstić information content (AvgIpc) is 2.71. The largest absolute Gasteiger partial charge is 0.480 e. The van der Waals surface area contributed by atoms with Crippen molar-refractivity contribution >= 4 is 29.3 Å². The summed E-state index contributed by atoms with van der Waals surface area (Å²) in [7, 11) is 0. The highest BCUT2D eigenvalue weighted by Crippen LogP contribution is 2.29. The molecule has 6 nitrogen and oxygen atoms in total. The summed E-state index contributed by atoms with van der Waals surface area (Å²) in [5, 5.41) is 10.7. The third-order valence-corrected chi connectivity index (χ3v) is 3.19. The van der Waals surface area contributed by atoms with E-state index in [-0.39, 0.29) is 18.1 Å². The molecule has 1 aliphatic rings. The third kappa shape index (κ3) is 2.11. The number of aromatic nitrogens is 1. The summed E-state index contributed by atoms with van der Waals surface area (Å²) in [4.78, 5) is 26.5. The number of rotatable bonds is 3. The number of pyridine rings is 1. The van der Waals surface area contributed by atoms with Crippen LogP contribution in [0, 0.1) is 0 Å². The Morgan fingerprint density at radius 2 is 2.44 bits per heavy atom. The van der Waals surface area contributed by atoms with Crippen molar-refractivity contribution in [3.63, 3.8) is 0 Å². The van der Waals surface area contributed by atoms with Crippen LogP contribution in [-0.2, 0) is 16.0 Å². The van der Waals surface area contributed by atoms with Crippen molar-refractivity contribution in [3.8, 4) is 0 Å². The van der Waals surface area contributed by atoms with Gasteiger partial charge in [0.1, 0.15) is 0 Å². The van der Waals surface area contributed by atoms with Crippen molar-refractivity contribution in [1.82, 2.24) is 10.4 Å². The molecule has 1 fully saturated rings. The molecule has 7 heteroatoms. The zero-order valence-corrected chi connectivity index (χ0v) is 10.4. The second-order valence-electron chi connectivity index (χ2n) is 3.92. The van der Waals surface area contributed by atoms with Gasteiger partial charge in [-0.1, -0.05) is 18.5 Å². The van der Waals surface area contributed by atoms with E-state index in [0.717, 1.165) is 5.56 Å². The number of anilines is 1. The predicted molar refractivity (Wildman–Crippen MR) is 65.3 cm³/mol. The molecule has 1 atom stereocenters. The summed E-state index contributed by atoms with van der Waals surface area (Å²) in [6.07, 6.45) is 2.14. The van der Waals surface area contributed by atoms with E-state index in [9.17, 15) is 9.59 Å². The number of halogens is 1. The van der Waals surface area contributed by atoms with Crippen molar-refractivity contribution in [1.29, 1.82) is 0 Å². The lowest BCUT2D eigenvalue weighted by Crippen LogP contribution is -2.43. The first-order chi connectivity index (χ1) is 8.54. The normalized spacial score (nSPS) is 18.9. The fraction of sp³-hybridized carbons (Fsp3) is 0.364. The smallest absolute Gasteiger partial charge is 0.329 e. The fourth-order valence-corrected chi connectivity index (χ4v) is 2.17. The molecule has 0 aliphatic carbocycles. The van der Waals surface area contributed by atoms with Gasteiger partial charge in [0.2, 0.25) is 5.91 Å². The van der Waals surface area contributed by atoms with E-state index in [1.165, 1.54) is 5.01 Å². The lowest BCUT2D eigenvalue weighted by molar-refractivity contribution is -0.139. The molecule has 0 radical (unpaired) electrons. The van der Waals surface area contributed by atoms with Crippen LogP contribution in [0.1, 0.15) is 18.9 Å². The molecular weight excluding hydrogens is 258 g/mol. The van der Waals surface area contributed by atoms with Gasteiger partial charge in [-0.25, -0.2) is 9.78 Å². The van der Waals surface area contributed by atoms with Gasteiger partial charge in [0.15, 0.2) is 11.9 Å². The molecule has 18 heavy (non-hydrogen) atoms. The van der Waals surface area contributed by atoms with Gasteiger partial charge in [0.25, 0.3) is 0 Å². The van der Waals surface area contributed by atoms with Gasteiger partial charge in [-0.3, -0.25) is 15.2 Å². The van der Waals surface area contributed by atoms with Crippen LogP contribution in [0.5, 0.6) is 0 Å². The Morgan fingerprint density at radius 1 is 1.72 bits per heavy atom. The van der Waals surface area contributed by atoms with Crippen molar-refractivity contribution < 1.29 is 14.7 Å². The molecule has 1 aromatic rings. The fourth-order valence-electron chi connectivity index (χ4n) is 1.84. The molecule has 1 amide bonds. The maximum absolute atomic E-state index is 11.3. The third-order valence-electron chi connectivity index (χ3n) is 2.78. The zero-order valence-electron chi connectivity index (χ0n) is 9.68. The Kier molecular flexibility index (Phi) is 3.38. The SMILES string of the molecule is CCc1ccnc(N2NC(=O)CC2C(=O)O)c1Cl. The number of hydrogen-bond acceptors (Lipinski definition) is 4. The molecule has 2 heterocycles. The van der Waals surface area contributed by atoms with Gasteiger partial charge in [0.05, 0.1) is 11.4 Å². The highest BCUT2D eigenvalue weighted by molar-refractivity contribution is 6.33. The van der Waals surface area contributed by atoms with Gasteiger partial charge >= 0.3 is 5.97 Å². The number of carbonyl (C=O) groups excluding carboxylic acids is 1. The van der Waals surface area contributed by atoms with Gasteiger partial charge in [-0.05, 0) is 18.1 Å². The predicted octanol–water partition coefficient (Wildman–Crippen LogP) is 0.992. The molecule has 1 aliphatic heterocycles. The summed E-state index contributed by atoms with van der Waals surface area (Å²) < 4.78 is 0. The van der Waals surface area contributed by atoms with E-state index in [0.29, 0.717) is 11.4 Å². The number of aryl methyl sites for hydroxylation is 1.